The number of carbonyl (C=O) groups excluding carboxylic acids is 1. The molecule has 1 amide bonds. The average molecular weight is 243 g/mol. The highest BCUT2D eigenvalue weighted by Crippen LogP contribution is 2.19. The lowest BCUT2D eigenvalue weighted by Gasteiger charge is -2.13. The fraction of sp³-hybridized carbons (Fsp3) is 0.438. The van der Waals surface area contributed by atoms with Crippen LogP contribution in [0.5, 0.6) is 0 Å². The van der Waals surface area contributed by atoms with Crippen LogP contribution < -0.4 is 5.32 Å². The van der Waals surface area contributed by atoms with E-state index in [-0.39, 0.29) is 5.91 Å². The molecule has 0 aliphatic heterocycles. The van der Waals surface area contributed by atoms with Gasteiger partial charge in [-0.25, -0.2) is 0 Å². The number of aryl methyl sites for hydroxylation is 1. The number of nitrogens with one attached hydrogen (secondary N) is 1. The van der Waals surface area contributed by atoms with Crippen molar-refractivity contribution in [2.75, 3.05) is 6.54 Å². The molecular formula is C16H21NO. The minimum atomic E-state index is 0.0337. The molecule has 0 bridgehead atoms. The van der Waals surface area contributed by atoms with Gasteiger partial charge in [0, 0.05) is 12.1 Å². The standard InChI is InChI=1S/C16H21NO/c1-13-7-9-15(10-8-13)16(18)17-12-11-14-5-3-2-4-6-14/h5,7-10H,2-4,6,11-12H2,1H3,(H,17,18). The average Bonchev–Trinajstić information content (AvgIpc) is 2.40. The summed E-state index contributed by atoms with van der Waals surface area (Å²) >= 11 is 0. The third kappa shape index (κ3) is 3.73. The smallest absolute Gasteiger partial charge is 0.251 e. The van der Waals surface area contributed by atoms with Gasteiger partial charge in [0.1, 0.15) is 0 Å². The summed E-state index contributed by atoms with van der Waals surface area (Å²) in [5.41, 5.74) is 3.43. The highest BCUT2D eigenvalue weighted by atomic mass is 16.1. The molecule has 0 fully saturated rings. The van der Waals surface area contributed by atoms with Crippen LogP contribution in [0, 0.1) is 6.92 Å². The van der Waals surface area contributed by atoms with E-state index in [0.717, 1.165) is 18.5 Å². The predicted molar refractivity (Wildman–Crippen MR) is 74.7 cm³/mol. The second-order valence-corrected chi connectivity index (χ2v) is 4.98. The molecule has 2 heteroatoms. The van der Waals surface area contributed by atoms with Gasteiger partial charge in [0.15, 0.2) is 0 Å². The first-order valence-corrected chi connectivity index (χ1v) is 6.78. The molecule has 0 aromatic heterocycles. The lowest BCUT2D eigenvalue weighted by atomic mass is 9.97. The molecule has 18 heavy (non-hydrogen) atoms. The van der Waals surface area contributed by atoms with Crippen LogP contribution >= 0.6 is 0 Å². The zero-order chi connectivity index (χ0) is 12.8. The van der Waals surface area contributed by atoms with E-state index < -0.39 is 0 Å². The zero-order valence-electron chi connectivity index (χ0n) is 11.0. The molecule has 0 atom stereocenters. The van der Waals surface area contributed by atoms with Gasteiger partial charge in [-0.3, -0.25) is 4.79 Å². The fourth-order valence-corrected chi connectivity index (χ4v) is 2.28. The summed E-state index contributed by atoms with van der Waals surface area (Å²) in [4.78, 5) is 11.9. The van der Waals surface area contributed by atoms with Crippen LogP contribution in [0.15, 0.2) is 35.9 Å². The summed E-state index contributed by atoms with van der Waals surface area (Å²) in [7, 11) is 0. The molecule has 1 aromatic rings. The molecule has 0 unspecified atom stereocenters. The van der Waals surface area contributed by atoms with Crippen LogP contribution in [0.3, 0.4) is 0 Å². The van der Waals surface area contributed by atoms with E-state index in [2.05, 4.69) is 11.4 Å². The van der Waals surface area contributed by atoms with Crippen LogP contribution in [-0.2, 0) is 0 Å². The van der Waals surface area contributed by atoms with Crippen molar-refractivity contribution in [3.05, 3.63) is 47.0 Å². The Morgan fingerprint density at radius 2 is 2.00 bits per heavy atom. The Morgan fingerprint density at radius 3 is 2.67 bits per heavy atom. The monoisotopic (exact) mass is 243 g/mol. The van der Waals surface area contributed by atoms with Crippen molar-refractivity contribution < 1.29 is 4.79 Å². The van der Waals surface area contributed by atoms with Gasteiger partial charge in [0.2, 0.25) is 0 Å². The van der Waals surface area contributed by atoms with Gasteiger partial charge >= 0.3 is 0 Å². The van der Waals surface area contributed by atoms with E-state index in [9.17, 15) is 4.79 Å². The summed E-state index contributed by atoms with van der Waals surface area (Å²) in [5, 5.41) is 2.99. The molecule has 2 rings (SSSR count). The number of amides is 1. The third-order valence-corrected chi connectivity index (χ3v) is 3.43. The summed E-state index contributed by atoms with van der Waals surface area (Å²) in [6, 6.07) is 7.70. The molecule has 2 nitrogen and oxygen atoms in total. The highest BCUT2D eigenvalue weighted by Gasteiger charge is 2.06. The van der Waals surface area contributed by atoms with E-state index in [1.54, 1.807) is 0 Å². The second kappa shape index (κ2) is 6.39. The number of allylic oxidation sites excluding steroid dienone is 1. The zero-order valence-corrected chi connectivity index (χ0v) is 11.0. The molecule has 0 saturated carbocycles. The van der Waals surface area contributed by atoms with Gasteiger partial charge in [0.25, 0.3) is 5.91 Å². The molecule has 1 aliphatic rings. The highest BCUT2D eigenvalue weighted by molar-refractivity contribution is 5.94. The normalized spacial score (nSPS) is 15.1. The lowest BCUT2D eigenvalue weighted by Crippen LogP contribution is -2.24. The molecule has 1 aliphatic carbocycles. The van der Waals surface area contributed by atoms with Crippen molar-refractivity contribution >= 4 is 5.91 Å². The maximum atomic E-state index is 11.9. The number of carbonyl (C=O) groups is 1. The van der Waals surface area contributed by atoms with Crippen molar-refractivity contribution in [1.82, 2.24) is 5.32 Å². The first kappa shape index (κ1) is 12.9. The molecule has 1 N–H and O–H groups in total. The Kier molecular flexibility index (Phi) is 4.57. The molecule has 0 radical (unpaired) electrons. The quantitative estimate of drug-likeness (QED) is 0.804. The van der Waals surface area contributed by atoms with Crippen LogP contribution in [0.25, 0.3) is 0 Å². The molecule has 1 aromatic carbocycles. The first-order chi connectivity index (χ1) is 8.75. The Bertz CT molecular complexity index is 431. The molecule has 96 valence electrons. The van der Waals surface area contributed by atoms with E-state index in [0.29, 0.717) is 0 Å². The van der Waals surface area contributed by atoms with E-state index in [4.69, 9.17) is 0 Å². The minimum Gasteiger partial charge on any atom is -0.352 e. The van der Waals surface area contributed by atoms with Crippen LogP contribution in [0.4, 0.5) is 0 Å². The predicted octanol–water partition coefficient (Wildman–Crippen LogP) is 3.62. The Hall–Kier alpha value is -1.57. The van der Waals surface area contributed by atoms with Gasteiger partial charge in [-0.15, -0.1) is 0 Å². The second-order valence-electron chi connectivity index (χ2n) is 4.98. The van der Waals surface area contributed by atoms with Gasteiger partial charge in [-0.05, 0) is 51.2 Å². The summed E-state index contributed by atoms with van der Waals surface area (Å²) in [6.07, 6.45) is 8.37. The van der Waals surface area contributed by atoms with Crippen molar-refractivity contribution in [1.29, 1.82) is 0 Å². The number of benzene rings is 1. The molecular weight excluding hydrogens is 222 g/mol. The van der Waals surface area contributed by atoms with Crippen LogP contribution in [0.1, 0.15) is 48.0 Å². The van der Waals surface area contributed by atoms with Crippen LogP contribution in [-0.4, -0.2) is 12.5 Å². The first-order valence-electron chi connectivity index (χ1n) is 6.78. The number of hydrogen-bond acceptors (Lipinski definition) is 1. The third-order valence-electron chi connectivity index (χ3n) is 3.43. The van der Waals surface area contributed by atoms with Crippen molar-refractivity contribution in [3.8, 4) is 0 Å². The largest absolute Gasteiger partial charge is 0.352 e. The van der Waals surface area contributed by atoms with Gasteiger partial charge in [-0.2, -0.15) is 0 Å². The Labute approximate surface area is 109 Å². The van der Waals surface area contributed by atoms with Gasteiger partial charge in [-0.1, -0.05) is 29.3 Å². The maximum Gasteiger partial charge on any atom is 0.251 e. The molecule has 0 heterocycles. The number of rotatable bonds is 4. The van der Waals surface area contributed by atoms with E-state index in [1.807, 2.05) is 31.2 Å². The van der Waals surface area contributed by atoms with Gasteiger partial charge < -0.3 is 5.32 Å². The summed E-state index contributed by atoms with van der Waals surface area (Å²) < 4.78 is 0. The Balaban J connectivity index is 1.78. The SMILES string of the molecule is Cc1ccc(C(=O)NCCC2=CCCCC2)cc1. The maximum absolute atomic E-state index is 11.9. The molecule has 0 spiro atoms. The van der Waals surface area contributed by atoms with Crippen molar-refractivity contribution in [3.63, 3.8) is 0 Å². The van der Waals surface area contributed by atoms with Crippen molar-refractivity contribution in [2.24, 2.45) is 0 Å². The van der Waals surface area contributed by atoms with Crippen LogP contribution in [0.2, 0.25) is 0 Å². The molecule has 0 saturated heterocycles. The van der Waals surface area contributed by atoms with Crippen molar-refractivity contribution in [2.45, 2.75) is 39.0 Å². The summed E-state index contributed by atoms with van der Waals surface area (Å²) in [5.74, 6) is 0.0337. The fourth-order valence-electron chi connectivity index (χ4n) is 2.28. The topological polar surface area (TPSA) is 29.1 Å². The number of hydrogen-bond donors (Lipinski definition) is 1. The lowest BCUT2D eigenvalue weighted by molar-refractivity contribution is 0.0954. The minimum absolute atomic E-state index is 0.0337. The van der Waals surface area contributed by atoms with E-state index >= 15 is 0 Å². The van der Waals surface area contributed by atoms with Gasteiger partial charge in [0.05, 0.1) is 0 Å². The van der Waals surface area contributed by atoms with E-state index in [1.165, 1.54) is 36.8 Å². The summed E-state index contributed by atoms with van der Waals surface area (Å²) in [6.45, 7) is 2.77. The Morgan fingerprint density at radius 1 is 1.22 bits per heavy atom.